The lowest BCUT2D eigenvalue weighted by Crippen LogP contribution is -2.43. The molecule has 1 aliphatic carbocycles. The number of amides is 1. The van der Waals surface area contributed by atoms with Gasteiger partial charge in [-0.2, -0.15) is 0 Å². The second-order valence-electron chi connectivity index (χ2n) is 8.87. The Morgan fingerprint density at radius 1 is 1.19 bits per heavy atom. The van der Waals surface area contributed by atoms with Crippen molar-refractivity contribution < 1.29 is 9.53 Å². The number of thiazole rings is 1. The highest BCUT2D eigenvalue weighted by atomic mass is 32.1. The molecule has 0 bridgehead atoms. The number of rotatable bonds is 5. The molecule has 3 unspecified atom stereocenters. The van der Waals surface area contributed by atoms with Gasteiger partial charge in [-0.05, 0) is 67.6 Å². The fourth-order valence-electron chi connectivity index (χ4n) is 4.71. The number of fused-ring (bicyclic) bond motifs is 3. The maximum absolute atomic E-state index is 12.9. The topological polar surface area (TPSA) is 55.6 Å². The molecule has 0 saturated heterocycles. The average Bonchev–Trinajstić information content (AvgIpc) is 3.35. The van der Waals surface area contributed by atoms with Gasteiger partial charge in [0.05, 0.1) is 22.5 Å². The van der Waals surface area contributed by atoms with Crippen LogP contribution in [0.3, 0.4) is 0 Å². The molecule has 1 fully saturated rings. The largest absolute Gasteiger partial charge is 0.494 e. The molecular weight excluding hydrogens is 418 g/mol. The number of hydrogen-bond donors (Lipinski definition) is 1. The van der Waals surface area contributed by atoms with E-state index in [4.69, 9.17) is 9.72 Å². The van der Waals surface area contributed by atoms with Crippen LogP contribution >= 0.6 is 11.3 Å². The monoisotopic (exact) mass is 447 g/mol. The summed E-state index contributed by atoms with van der Waals surface area (Å²) in [6, 6.07) is 14.2. The summed E-state index contributed by atoms with van der Waals surface area (Å²) in [6.07, 6.45) is 5.58. The molecule has 1 aliphatic rings. The minimum atomic E-state index is 0.0268. The second kappa shape index (κ2) is 8.58. The van der Waals surface area contributed by atoms with E-state index < -0.39 is 0 Å². The van der Waals surface area contributed by atoms with E-state index in [0.29, 0.717) is 18.4 Å². The first-order chi connectivity index (χ1) is 15.5. The van der Waals surface area contributed by atoms with Crippen LogP contribution in [0.15, 0.2) is 48.7 Å². The summed E-state index contributed by atoms with van der Waals surface area (Å²) in [5, 5.41) is 3.28. The van der Waals surface area contributed by atoms with Crippen molar-refractivity contribution >= 4 is 32.4 Å². The van der Waals surface area contributed by atoms with Crippen LogP contribution in [0.25, 0.3) is 26.4 Å². The summed E-state index contributed by atoms with van der Waals surface area (Å²) in [5.41, 5.74) is 3.79. The number of hydrogen-bond acceptors (Lipinski definition) is 4. The lowest BCUT2D eigenvalue weighted by molar-refractivity contribution is 0.0891. The molecule has 4 aromatic rings. The number of nitrogens with one attached hydrogen (secondary N) is 1. The van der Waals surface area contributed by atoms with E-state index in [0.717, 1.165) is 44.2 Å². The Kier molecular flexibility index (Phi) is 5.64. The van der Waals surface area contributed by atoms with Crippen molar-refractivity contribution in [3.8, 4) is 17.0 Å². The van der Waals surface area contributed by atoms with Crippen molar-refractivity contribution in [3.05, 3.63) is 54.2 Å². The highest BCUT2D eigenvalue weighted by Crippen LogP contribution is 2.32. The quantitative estimate of drug-likeness (QED) is 0.398. The van der Waals surface area contributed by atoms with Crippen molar-refractivity contribution in [1.82, 2.24) is 14.7 Å². The van der Waals surface area contributed by atoms with Crippen LogP contribution in [0.1, 0.15) is 50.4 Å². The van der Waals surface area contributed by atoms with Crippen LogP contribution in [0.4, 0.5) is 0 Å². The molecule has 5 rings (SSSR count). The van der Waals surface area contributed by atoms with Crippen molar-refractivity contribution in [2.75, 3.05) is 6.61 Å². The minimum absolute atomic E-state index is 0.0268. The number of imidazole rings is 1. The molecule has 1 saturated carbocycles. The zero-order valence-corrected chi connectivity index (χ0v) is 19.6. The molecule has 0 aliphatic heterocycles. The van der Waals surface area contributed by atoms with Crippen molar-refractivity contribution in [3.63, 3.8) is 0 Å². The molecular formula is C26H29N3O2S. The van der Waals surface area contributed by atoms with Gasteiger partial charge >= 0.3 is 0 Å². The lowest BCUT2D eigenvalue weighted by Gasteiger charge is -2.34. The van der Waals surface area contributed by atoms with E-state index in [9.17, 15) is 4.79 Å². The van der Waals surface area contributed by atoms with Gasteiger partial charge in [-0.25, -0.2) is 4.98 Å². The molecule has 6 heteroatoms. The SMILES string of the molecule is CCOc1ccc(-c2cn3c(n2)sc2cc(C(=O)NC4CCCC(C)C4C)ccc23)cc1. The molecule has 0 radical (unpaired) electrons. The van der Waals surface area contributed by atoms with Crippen molar-refractivity contribution in [2.45, 2.75) is 46.1 Å². The third-order valence-electron chi connectivity index (χ3n) is 6.84. The lowest BCUT2D eigenvalue weighted by atomic mass is 9.78. The van der Waals surface area contributed by atoms with E-state index in [1.54, 1.807) is 11.3 Å². The van der Waals surface area contributed by atoms with Crippen LogP contribution < -0.4 is 10.1 Å². The molecule has 1 amide bonds. The minimum Gasteiger partial charge on any atom is -0.494 e. The van der Waals surface area contributed by atoms with Crippen LogP contribution in [0.5, 0.6) is 5.75 Å². The van der Waals surface area contributed by atoms with Crippen molar-refractivity contribution in [1.29, 1.82) is 0 Å². The standard InChI is InChI=1S/C26H29N3O2S/c1-4-31-20-11-8-18(9-12-20)22-15-29-23-13-10-19(14-24(23)32-26(29)28-22)25(30)27-21-7-5-6-16(2)17(21)3/h8-17,21H,4-7H2,1-3H3,(H,27,30). The fourth-order valence-corrected chi connectivity index (χ4v) is 5.75. The Balaban J connectivity index is 1.38. The maximum Gasteiger partial charge on any atom is 0.251 e. The van der Waals surface area contributed by atoms with E-state index >= 15 is 0 Å². The van der Waals surface area contributed by atoms with Gasteiger partial charge in [-0.3, -0.25) is 9.20 Å². The summed E-state index contributed by atoms with van der Waals surface area (Å²) in [5.74, 6) is 2.07. The highest BCUT2D eigenvalue weighted by Gasteiger charge is 2.28. The van der Waals surface area contributed by atoms with Gasteiger partial charge in [0.2, 0.25) is 0 Å². The first-order valence-electron chi connectivity index (χ1n) is 11.5. The molecule has 1 N–H and O–H groups in total. The molecule has 2 aromatic heterocycles. The van der Waals surface area contributed by atoms with Crippen LogP contribution in [0.2, 0.25) is 0 Å². The fraction of sp³-hybridized carbons (Fsp3) is 0.385. The summed E-state index contributed by atoms with van der Waals surface area (Å²) in [7, 11) is 0. The van der Waals surface area contributed by atoms with Gasteiger partial charge in [-0.1, -0.05) is 38.0 Å². The summed E-state index contributed by atoms with van der Waals surface area (Å²) >= 11 is 1.61. The van der Waals surface area contributed by atoms with E-state index in [1.165, 1.54) is 12.8 Å². The number of nitrogens with zero attached hydrogens (tertiary/aromatic N) is 2. The molecule has 166 valence electrons. The van der Waals surface area contributed by atoms with Gasteiger partial charge < -0.3 is 10.1 Å². The van der Waals surface area contributed by atoms with Crippen LogP contribution in [-0.2, 0) is 0 Å². The third-order valence-corrected chi connectivity index (χ3v) is 7.86. The molecule has 32 heavy (non-hydrogen) atoms. The second-order valence-corrected chi connectivity index (χ2v) is 9.88. The predicted octanol–water partition coefficient (Wildman–Crippen LogP) is 6.17. The molecule has 0 spiro atoms. The van der Waals surface area contributed by atoms with E-state index in [2.05, 4.69) is 29.8 Å². The number of carbonyl (C=O) groups excluding carboxylic acids is 1. The Morgan fingerprint density at radius 3 is 2.78 bits per heavy atom. The van der Waals surface area contributed by atoms with Crippen LogP contribution in [0, 0.1) is 11.8 Å². The normalized spacial score (nSPS) is 21.2. The number of aromatic nitrogens is 2. The van der Waals surface area contributed by atoms with Gasteiger partial charge in [0.15, 0.2) is 4.96 Å². The Bertz CT molecular complexity index is 1260. The van der Waals surface area contributed by atoms with Gasteiger partial charge in [-0.15, -0.1) is 0 Å². The highest BCUT2D eigenvalue weighted by molar-refractivity contribution is 7.23. The summed E-state index contributed by atoms with van der Waals surface area (Å²) in [6.45, 7) is 7.19. The van der Waals surface area contributed by atoms with Gasteiger partial charge in [0, 0.05) is 23.4 Å². The smallest absolute Gasteiger partial charge is 0.251 e. The van der Waals surface area contributed by atoms with Crippen LogP contribution in [-0.4, -0.2) is 27.9 Å². The number of carbonyl (C=O) groups is 1. The van der Waals surface area contributed by atoms with Crippen molar-refractivity contribution in [2.24, 2.45) is 11.8 Å². The average molecular weight is 448 g/mol. The third kappa shape index (κ3) is 3.88. The number of ether oxygens (including phenoxy) is 1. The molecule has 5 nitrogen and oxygen atoms in total. The summed E-state index contributed by atoms with van der Waals surface area (Å²) in [4.78, 5) is 18.7. The Hall–Kier alpha value is -2.86. The first-order valence-corrected chi connectivity index (χ1v) is 12.3. The van der Waals surface area contributed by atoms with Gasteiger partial charge in [0.25, 0.3) is 5.91 Å². The first kappa shape index (κ1) is 21.0. The maximum atomic E-state index is 12.9. The van der Waals surface area contributed by atoms with E-state index in [1.807, 2.05) is 49.4 Å². The van der Waals surface area contributed by atoms with Gasteiger partial charge in [0.1, 0.15) is 5.75 Å². The molecule has 2 heterocycles. The van der Waals surface area contributed by atoms with E-state index in [-0.39, 0.29) is 11.9 Å². The molecule has 3 atom stereocenters. The zero-order valence-electron chi connectivity index (χ0n) is 18.8. The Morgan fingerprint density at radius 2 is 2.00 bits per heavy atom. The predicted molar refractivity (Wildman–Crippen MR) is 131 cm³/mol. The summed E-state index contributed by atoms with van der Waals surface area (Å²) < 4.78 is 8.71. The molecule has 2 aromatic carbocycles. The number of benzene rings is 2. The Labute approximate surface area is 192 Å². The zero-order chi connectivity index (χ0) is 22.2.